The molecule has 0 aromatic carbocycles. The molecule has 0 unspecified atom stereocenters. The van der Waals surface area contributed by atoms with Crippen molar-refractivity contribution in [2.45, 2.75) is 6.42 Å². The molecule has 1 aromatic heterocycles. The molecular weight excluding hydrogens is 265 g/mol. The molecule has 0 radical (unpaired) electrons. The minimum Gasteiger partial charge on any atom is -0.385 e. The second kappa shape index (κ2) is 8.21. The number of halogens is 1. The van der Waals surface area contributed by atoms with Crippen LogP contribution in [-0.4, -0.2) is 55.6 Å². The van der Waals surface area contributed by atoms with E-state index < -0.39 is 11.7 Å². The Labute approximate surface area is 116 Å². The van der Waals surface area contributed by atoms with Crippen LogP contribution in [0.25, 0.3) is 0 Å². The average Bonchev–Trinajstić information content (AvgIpc) is 2.43. The Morgan fingerprint density at radius 2 is 2.25 bits per heavy atom. The highest BCUT2D eigenvalue weighted by molar-refractivity contribution is 5.96. The molecule has 1 N–H and O–H groups in total. The van der Waals surface area contributed by atoms with E-state index in [0.717, 1.165) is 11.1 Å². The Hall–Kier alpha value is -2.02. The van der Waals surface area contributed by atoms with E-state index in [9.17, 15) is 14.0 Å². The smallest absolute Gasteiger partial charge is 0.257 e. The lowest BCUT2D eigenvalue weighted by Gasteiger charge is -2.17. The van der Waals surface area contributed by atoms with Gasteiger partial charge in [-0.1, -0.05) is 0 Å². The van der Waals surface area contributed by atoms with Crippen molar-refractivity contribution >= 4 is 11.8 Å². The van der Waals surface area contributed by atoms with Gasteiger partial charge >= 0.3 is 0 Å². The topological polar surface area (TPSA) is 71.5 Å². The lowest BCUT2D eigenvalue weighted by atomic mass is 10.2. The minimum atomic E-state index is -0.704. The number of rotatable bonds is 7. The van der Waals surface area contributed by atoms with Gasteiger partial charge in [-0.2, -0.15) is 0 Å². The predicted octanol–water partition coefficient (Wildman–Crippen LogP) is 0.445. The van der Waals surface area contributed by atoms with E-state index >= 15 is 0 Å². The monoisotopic (exact) mass is 283 g/mol. The van der Waals surface area contributed by atoms with Gasteiger partial charge in [0.05, 0.1) is 18.3 Å². The van der Waals surface area contributed by atoms with Gasteiger partial charge in [-0.3, -0.25) is 14.6 Å². The molecule has 110 valence electrons. The number of carbonyl (C=O) groups excluding carboxylic acids is 2. The first-order valence-corrected chi connectivity index (χ1v) is 6.17. The molecule has 6 nitrogen and oxygen atoms in total. The summed E-state index contributed by atoms with van der Waals surface area (Å²) in [5.41, 5.74) is -0.102. The average molecular weight is 283 g/mol. The summed E-state index contributed by atoms with van der Waals surface area (Å²) < 4.78 is 18.3. The van der Waals surface area contributed by atoms with Crippen LogP contribution in [0.3, 0.4) is 0 Å². The quantitative estimate of drug-likeness (QED) is 0.737. The zero-order valence-electron chi connectivity index (χ0n) is 11.6. The fourth-order valence-electron chi connectivity index (χ4n) is 1.54. The normalized spacial score (nSPS) is 10.2. The molecule has 0 aliphatic carbocycles. The lowest BCUT2D eigenvalue weighted by Crippen LogP contribution is -2.39. The number of carbonyl (C=O) groups is 2. The van der Waals surface area contributed by atoms with Crippen LogP contribution in [0.5, 0.6) is 0 Å². The van der Waals surface area contributed by atoms with E-state index in [0.29, 0.717) is 19.6 Å². The maximum Gasteiger partial charge on any atom is 0.257 e. The molecule has 0 atom stereocenters. The van der Waals surface area contributed by atoms with Crippen LogP contribution in [0, 0.1) is 5.82 Å². The zero-order chi connectivity index (χ0) is 15.0. The highest BCUT2D eigenvalue weighted by atomic mass is 19.1. The number of ether oxygens (including phenoxy) is 1. The summed E-state index contributed by atoms with van der Waals surface area (Å²) in [7, 11) is 3.02. The van der Waals surface area contributed by atoms with Gasteiger partial charge in [0.15, 0.2) is 5.82 Å². The summed E-state index contributed by atoms with van der Waals surface area (Å²) in [6.45, 7) is 0.892. The molecule has 0 saturated carbocycles. The van der Waals surface area contributed by atoms with Crippen LogP contribution in [-0.2, 0) is 9.53 Å². The first-order valence-electron chi connectivity index (χ1n) is 6.17. The van der Waals surface area contributed by atoms with Crippen LogP contribution >= 0.6 is 0 Å². The van der Waals surface area contributed by atoms with Crippen molar-refractivity contribution < 1.29 is 18.7 Å². The van der Waals surface area contributed by atoms with E-state index in [-0.39, 0.29) is 18.0 Å². The SMILES string of the molecule is COCCCNC(=O)CN(C)C(=O)c1ccncc1F. The molecule has 2 amide bonds. The summed E-state index contributed by atoms with van der Waals surface area (Å²) in [6.07, 6.45) is 2.99. The van der Waals surface area contributed by atoms with Crippen LogP contribution in [0.4, 0.5) is 4.39 Å². The second-order valence-corrected chi connectivity index (χ2v) is 4.21. The number of aromatic nitrogens is 1. The van der Waals surface area contributed by atoms with Crippen molar-refractivity contribution in [2.75, 3.05) is 33.9 Å². The van der Waals surface area contributed by atoms with Crippen molar-refractivity contribution in [1.29, 1.82) is 0 Å². The summed E-state index contributed by atoms with van der Waals surface area (Å²) in [5.74, 6) is -1.56. The maximum absolute atomic E-state index is 13.4. The maximum atomic E-state index is 13.4. The van der Waals surface area contributed by atoms with Crippen molar-refractivity contribution in [3.8, 4) is 0 Å². The zero-order valence-corrected chi connectivity index (χ0v) is 11.6. The van der Waals surface area contributed by atoms with Crippen LogP contribution in [0.2, 0.25) is 0 Å². The van der Waals surface area contributed by atoms with Gasteiger partial charge in [-0.25, -0.2) is 4.39 Å². The predicted molar refractivity (Wildman–Crippen MR) is 70.7 cm³/mol. The number of hydrogen-bond donors (Lipinski definition) is 1. The molecule has 20 heavy (non-hydrogen) atoms. The van der Waals surface area contributed by atoms with Crippen molar-refractivity contribution in [3.63, 3.8) is 0 Å². The first-order chi connectivity index (χ1) is 9.56. The Morgan fingerprint density at radius 1 is 1.50 bits per heavy atom. The van der Waals surface area contributed by atoms with E-state index in [1.54, 1.807) is 7.11 Å². The van der Waals surface area contributed by atoms with E-state index in [1.807, 2.05) is 0 Å². The third kappa shape index (κ3) is 4.93. The summed E-state index contributed by atoms with van der Waals surface area (Å²) in [5, 5.41) is 2.65. The number of pyridine rings is 1. The molecule has 1 aromatic rings. The molecule has 1 rings (SSSR count). The Kier molecular flexibility index (Phi) is 6.58. The fourth-order valence-corrected chi connectivity index (χ4v) is 1.54. The molecule has 0 saturated heterocycles. The number of nitrogens with zero attached hydrogens (tertiary/aromatic N) is 2. The number of methoxy groups -OCH3 is 1. The van der Waals surface area contributed by atoms with Gasteiger partial charge in [0.1, 0.15) is 0 Å². The van der Waals surface area contributed by atoms with Crippen LogP contribution in [0.15, 0.2) is 18.5 Å². The highest BCUT2D eigenvalue weighted by Crippen LogP contribution is 2.07. The molecule has 0 aliphatic heterocycles. The number of hydrogen-bond acceptors (Lipinski definition) is 4. The highest BCUT2D eigenvalue weighted by Gasteiger charge is 2.17. The molecule has 0 aliphatic rings. The number of amides is 2. The molecule has 0 fully saturated rings. The molecule has 7 heteroatoms. The van der Waals surface area contributed by atoms with E-state index in [2.05, 4.69) is 10.3 Å². The molecule has 0 bridgehead atoms. The van der Waals surface area contributed by atoms with Gasteiger partial charge in [0.2, 0.25) is 5.91 Å². The number of likely N-dealkylation sites (N-methyl/N-ethyl adjacent to an activating group) is 1. The first kappa shape index (κ1) is 16.0. The van der Waals surface area contributed by atoms with Crippen molar-refractivity contribution in [1.82, 2.24) is 15.2 Å². The Balaban J connectivity index is 2.46. The molecule has 1 heterocycles. The lowest BCUT2D eigenvalue weighted by molar-refractivity contribution is -0.121. The van der Waals surface area contributed by atoms with E-state index in [4.69, 9.17) is 4.74 Å². The summed E-state index contributed by atoms with van der Waals surface area (Å²) >= 11 is 0. The standard InChI is InChI=1S/C13H18FN3O3/c1-17(9-12(18)16-5-3-7-20-2)13(19)10-4-6-15-8-11(10)14/h4,6,8H,3,5,7,9H2,1-2H3,(H,16,18). The Bertz CT molecular complexity index is 468. The Morgan fingerprint density at radius 3 is 2.90 bits per heavy atom. The van der Waals surface area contributed by atoms with Crippen LogP contribution in [0.1, 0.15) is 16.8 Å². The van der Waals surface area contributed by atoms with Gasteiger partial charge < -0.3 is 15.0 Å². The van der Waals surface area contributed by atoms with Gasteiger partial charge in [0, 0.05) is 33.5 Å². The fraction of sp³-hybridized carbons (Fsp3) is 0.462. The van der Waals surface area contributed by atoms with E-state index in [1.165, 1.54) is 19.3 Å². The van der Waals surface area contributed by atoms with Gasteiger partial charge in [-0.15, -0.1) is 0 Å². The summed E-state index contributed by atoms with van der Waals surface area (Å²) in [6, 6.07) is 1.28. The third-order valence-corrected chi connectivity index (χ3v) is 2.58. The minimum absolute atomic E-state index is 0.102. The second-order valence-electron chi connectivity index (χ2n) is 4.21. The van der Waals surface area contributed by atoms with Crippen molar-refractivity contribution in [2.24, 2.45) is 0 Å². The van der Waals surface area contributed by atoms with Crippen LogP contribution < -0.4 is 5.32 Å². The number of nitrogens with one attached hydrogen (secondary N) is 1. The summed E-state index contributed by atoms with van der Waals surface area (Å²) in [4.78, 5) is 28.2. The van der Waals surface area contributed by atoms with Gasteiger partial charge in [-0.05, 0) is 12.5 Å². The van der Waals surface area contributed by atoms with Crippen molar-refractivity contribution in [3.05, 3.63) is 29.8 Å². The van der Waals surface area contributed by atoms with Gasteiger partial charge in [0.25, 0.3) is 5.91 Å². The molecular formula is C13H18FN3O3. The third-order valence-electron chi connectivity index (χ3n) is 2.58. The largest absolute Gasteiger partial charge is 0.385 e. The molecule has 0 spiro atoms.